The first-order valence-electron chi connectivity index (χ1n) is 10.2. The molecule has 0 unspecified atom stereocenters. The van der Waals surface area contributed by atoms with Crippen LogP contribution in [0.2, 0.25) is 0 Å². The van der Waals surface area contributed by atoms with Gasteiger partial charge in [-0.25, -0.2) is 4.98 Å². The Kier molecular flexibility index (Phi) is 6.40. The van der Waals surface area contributed by atoms with E-state index < -0.39 is 0 Å². The van der Waals surface area contributed by atoms with Crippen LogP contribution in [0.1, 0.15) is 11.1 Å². The maximum Gasteiger partial charge on any atom is 0.225 e. The third kappa shape index (κ3) is 5.06. The van der Waals surface area contributed by atoms with Crippen molar-refractivity contribution in [3.05, 3.63) is 90.0 Å². The number of methoxy groups -OCH3 is 1. The molecule has 4 rings (SSSR count). The fraction of sp³-hybridized carbons (Fsp3) is 0.200. The minimum absolute atomic E-state index is 0.638. The number of ether oxygens (including phenoxy) is 1. The second kappa shape index (κ2) is 9.74. The number of nitrogens with one attached hydrogen (secondary N) is 2. The maximum atomic E-state index is 5.30. The zero-order valence-corrected chi connectivity index (χ0v) is 17.1. The molecule has 152 valence electrons. The number of nitrogens with zero attached hydrogens (tertiary/aromatic N) is 2. The highest BCUT2D eigenvalue weighted by Gasteiger charge is 2.07. The van der Waals surface area contributed by atoms with Gasteiger partial charge in [0.1, 0.15) is 11.6 Å². The molecule has 0 saturated carbocycles. The molecule has 0 atom stereocenters. The topological polar surface area (TPSA) is 59.1 Å². The Morgan fingerprint density at radius 2 is 1.47 bits per heavy atom. The Bertz CT molecular complexity index is 1100. The SMILES string of the molecule is COc1cccc(CCNc2nc(NCCc3ccccc3)c3ccccc3n2)c1. The summed E-state index contributed by atoms with van der Waals surface area (Å²) >= 11 is 0. The average molecular weight is 399 g/mol. The number of anilines is 2. The van der Waals surface area contributed by atoms with Crippen molar-refractivity contribution in [2.45, 2.75) is 12.8 Å². The molecule has 0 spiro atoms. The van der Waals surface area contributed by atoms with Crippen LogP contribution >= 0.6 is 0 Å². The molecule has 3 aromatic carbocycles. The van der Waals surface area contributed by atoms with Gasteiger partial charge in [0.15, 0.2) is 0 Å². The Hall–Kier alpha value is -3.60. The van der Waals surface area contributed by atoms with E-state index >= 15 is 0 Å². The van der Waals surface area contributed by atoms with Gasteiger partial charge in [-0.05, 0) is 48.2 Å². The van der Waals surface area contributed by atoms with Gasteiger partial charge in [0.2, 0.25) is 5.95 Å². The van der Waals surface area contributed by atoms with Crippen LogP contribution in [0.3, 0.4) is 0 Å². The van der Waals surface area contributed by atoms with Crippen molar-refractivity contribution >= 4 is 22.7 Å². The van der Waals surface area contributed by atoms with Crippen LogP contribution in [0.5, 0.6) is 5.75 Å². The van der Waals surface area contributed by atoms with Gasteiger partial charge in [-0.3, -0.25) is 0 Å². The van der Waals surface area contributed by atoms with Crippen LogP contribution in [-0.2, 0) is 12.8 Å². The predicted octanol–water partition coefficient (Wildman–Crippen LogP) is 4.95. The lowest BCUT2D eigenvalue weighted by atomic mass is 10.1. The molecule has 0 fully saturated rings. The molecule has 1 heterocycles. The van der Waals surface area contributed by atoms with Crippen LogP contribution in [0.25, 0.3) is 10.9 Å². The highest BCUT2D eigenvalue weighted by atomic mass is 16.5. The Morgan fingerprint density at radius 1 is 0.733 bits per heavy atom. The van der Waals surface area contributed by atoms with E-state index in [1.807, 2.05) is 36.4 Å². The van der Waals surface area contributed by atoms with Crippen molar-refractivity contribution in [1.29, 1.82) is 0 Å². The summed E-state index contributed by atoms with van der Waals surface area (Å²) in [6.45, 7) is 1.56. The molecular weight excluding hydrogens is 372 g/mol. The van der Waals surface area contributed by atoms with Gasteiger partial charge in [-0.15, -0.1) is 0 Å². The summed E-state index contributed by atoms with van der Waals surface area (Å²) in [6, 6.07) is 26.7. The smallest absolute Gasteiger partial charge is 0.225 e. The maximum absolute atomic E-state index is 5.30. The fourth-order valence-corrected chi connectivity index (χ4v) is 3.41. The van der Waals surface area contributed by atoms with E-state index in [-0.39, 0.29) is 0 Å². The van der Waals surface area contributed by atoms with E-state index in [0.717, 1.165) is 48.4 Å². The molecule has 1 aromatic heterocycles. The zero-order valence-electron chi connectivity index (χ0n) is 17.1. The van der Waals surface area contributed by atoms with Crippen molar-refractivity contribution in [2.75, 3.05) is 30.8 Å². The van der Waals surface area contributed by atoms with Crippen molar-refractivity contribution < 1.29 is 4.74 Å². The monoisotopic (exact) mass is 398 g/mol. The van der Waals surface area contributed by atoms with E-state index in [9.17, 15) is 0 Å². The number of rotatable bonds is 9. The number of aromatic nitrogens is 2. The molecule has 0 aliphatic carbocycles. The van der Waals surface area contributed by atoms with Crippen LogP contribution in [0.4, 0.5) is 11.8 Å². The van der Waals surface area contributed by atoms with Gasteiger partial charge in [0.25, 0.3) is 0 Å². The second-order valence-corrected chi connectivity index (χ2v) is 7.10. The standard InChI is InChI=1S/C25H26N4O/c1-30-21-11-7-10-20(18-21)15-17-27-25-28-23-13-6-5-12-22(23)24(29-25)26-16-14-19-8-3-2-4-9-19/h2-13,18H,14-17H2,1H3,(H2,26,27,28,29). The van der Waals surface area contributed by atoms with Crippen LogP contribution in [0.15, 0.2) is 78.9 Å². The number of fused-ring (bicyclic) bond motifs is 1. The van der Waals surface area contributed by atoms with Gasteiger partial charge >= 0.3 is 0 Å². The highest BCUT2D eigenvalue weighted by molar-refractivity contribution is 5.90. The van der Waals surface area contributed by atoms with Gasteiger partial charge in [0, 0.05) is 18.5 Å². The molecule has 4 aromatic rings. The molecule has 0 radical (unpaired) electrons. The normalized spacial score (nSPS) is 10.7. The number of benzene rings is 3. The second-order valence-electron chi connectivity index (χ2n) is 7.10. The summed E-state index contributed by atoms with van der Waals surface area (Å²) < 4.78 is 5.30. The van der Waals surface area contributed by atoms with E-state index in [0.29, 0.717) is 5.95 Å². The first kappa shape index (κ1) is 19.7. The average Bonchev–Trinajstić information content (AvgIpc) is 2.80. The van der Waals surface area contributed by atoms with E-state index in [2.05, 4.69) is 58.1 Å². The third-order valence-corrected chi connectivity index (χ3v) is 4.98. The van der Waals surface area contributed by atoms with Gasteiger partial charge in [0.05, 0.1) is 12.6 Å². The summed E-state index contributed by atoms with van der Waals surface area (Å²) in [6.07, 6.45) is 1.81. The lowest BCUT2D eigenvalue weighted by Crippen LogP contribution is -2.12. The van der Waals surface area contributed by atoms with Crippen LogP contribution in [0, 0.1) is 0 Å². The molecule has 0 aliphatic heterocycles. The van der Waals surface area contributed by atoms with E-state index in [4.69, 9.17) is 9.72 Å². The van der Waals surface area contributed by atoms with Gasteiger partial charge in [-0.2, -0.15) is 4.98 Å². The first-order valence-corrected chi connectivity index (χ1v) is 10.2. The summed E-state index contributed by atoms with van der Waals surface area (Å²) in [4.78, 5) is 9.42. The van der Waals surface area contributed by atoms with Crippen molar-refractivity contribution in [2.24, 2.45) is 0 Å². The highest BCUT2D eigenvalue weighted by Crippen LogP contribution is 2.22. The molecule has 0 amide bonds. The summed E-state index contributed by atoms with van der Waals surface area (Å²) in [5, 5.41) is 7.89. The number of hydrogen-bond donors (Lipinski definition) is 2. The first-order chi connectivity index (χ1) is 14.8. The molecular formula is C25H26N4O. The quantitative estimate of drug-likeness (QED) is 0.418. The van der Waals surface area contributed by atoms with Gasteiger partial charge < -0.3 is 15.4 Å². The Morgan fingerprint density at radius 3 is 2.33 bits per heavy atom. The summed E-state index contributed by atoms with van der Waals surface area (Å²) in [5.74, 6) is 2.37. The number of para-hydroxylation sites is 1. The molecule has 5 heteroatoms. The van der Waals surface area contributed by atoms with Crippen LogP contribution < -0.4 is 15.4 Å². The van der Waals surface area contributed by atoms with E-state index in [1.54, 1.807) is 7.11 Å². The fourth-order valence-electron chi connectivity index (χ4n) is 3.41. The molecule has 2 N–H and O–H groups in total. The van der Waals surface area contributed by atoms with Crippen molar-refractivity contribution in [3.8, 4) is 5.75 Å². The minimum atomic E-state index is 0.638. The number of hydrogen-bond acceptors (Lipinski definition) is 5. The molecule has 30 heavy (non-hydrogen) atoms. The van der Waals surface area contributed by atoms with E-state index in [1.165, 1.54) is 11.1 Å². The Balaban J connectivity index is 1.44. The molecule has 5 nitrogen and oxygen atoms in total. The largest absolute Gasteiger partial charge is 0.497 e. The lowest BCUT2D eigenvalue weighted by molar-refractivity contribution is 0.414. The lowest BCUT2D eigenvalue weighted by Gasteiger charge is -2.12. The Labute approximate surface area is 177 Å². The predicted molar refractivity (Wildman–Crippen MR) is 123 cm³/mol. The minimum Gasteiger partial charge on any atom is -0.497 e. The summed E-state index contributed by atoms with van der Waals surface area (Å²) in [5.41, 5.74) is 3.45. The molecule has 0 saturated heterocycles. The summed E-state index contributed by atoms with van der Waals surface area (Å²) in [7, 11) is 1.69. The molecule has 0 aliphatic rings. The van der Waals surface area contributed by atoms with Gasteiger partial charge in [-0.1, -0.05) is 54.6 Å². The van der Waals surface area contributed by atoms with Crippen molar-refractivity contribution in [3.63, 3.8) is 0 Å². The van der Waals surface area contributed by atoms with Crippen LogP contribution in [-0.4, -0.2) is 30.2 Å². The zero-order chi connectivity index (χ0) is 20.6. The third-order valence-electron chi connectivity index (χ3n) is 4.98. The van der Waals surface area contributed by atoms with Crippen molar-refractivity contribution in [1.82, 2.24) is 9.97 Å². The molecule has 0 bridgehead atoms.